The van der Waals surface area contributed by atoms with Gasteiger partial charge in [0, 0.05) is 10.7 Å². The Morgan fingerprint density at radius 2 is 1.81 bits per heavy atom. The number of urea groups is 1. The molecular formula is C19H21ClN2O4. The Kier molecular flexibility index (Phi) is 6.86. The Morgan fingerprint density at radius 1 is 1.12 bits per heavy atom. The van der Waals surface area contributed by atoms with Gasteiger partial charge in [0.25, 0.3) is 0 Å². The van der Waals surface area contributed by atoms with Gasteiger partial charge in [-0.2, -0.15) is 0 Å². The summed E-state index contributed by atoms with van der Waals surface area (Å²) < 4.78 is 10.3. The molecule has 0 aromatic heterocycles. The van der Waals surface area contributed by atoms with Crippen molar-refractivity contribution >= 4 is 29.3 Å². The predicted molar refractivity (Wildman–Crippen MR) is 101 cm³/mol. The van der Waals surface area contributed by atoms with Gasteiger partial charge in [0.05, 0.1) is 19.2 Å². The van der Waals surface area contributed by atoms with E-state index < -0.39 is 5.97 Å². The van der Waals surface area contributed by atoms with Gasteiger partial charge in [-0.25, -0.2) is 9.59 Å². The fraction of sp³-hybridized carbons (Fsp3) is 0.263. The second-order valence-corrected chi connectivity index (χ2v) is 6.05. The largest absolute Gasteiger partial charge is 0.492 e. The molecule has 6 nitrogen and oxygen atoms in total. The minimum atomic E-state index is -0.462. The summed E-state index contributed by atoms with van der Waals surface area (Å²) in [6.07, 6.45) is 0. The van der Waals surface area contributed by atoms with Gasteiger partial charge in [-0.1, -0.05) is 17.7 Å². The summed E-state index contributed by atoms with van der Waals surface area (Å²) >= 11 is 6.12. The number of anilines is 1. The van der Waals surface area contributed by atoms with Crippen molar-refractivity contribution in [1.82, 2.24) is 5.32 Å². The van der Waals surface area contributed by atoms with E-state index in [0.29, 0.717) is 30.2 Å². The van der Waals surface area contributed by atoms with Gasteiger partial charge in [-0.3, -0.25) is 0 Å². The second-order valence-electron chi connectivity index (χ2n) is 5.67. The number of amides is 2. The quantitative estimate of drug-likeness (QED) is 0.591. The van der Waals surface area contributed by atoms with Gasteiger partial charge in [0.1, 0.15) is 12.4 Å². The van der Waals surface area contributed by atoms with Crippen LogP contribution in [0.5, 0.6) is 5.75 Å². The third-order valence-electron chi connectivity index (χ3n) is 3.61. The lowest BCUT2D eigenvalue weighted by Crippen LogP contribution is -2.32. The highest BCUT2D eigenvalue weighted by molar-refractivity contribution is 6.32. The Labute approximate surface area is 157 Å². The Hall–Kier alpha value is -2.73. The predicted octanol–water partition coefficient (Wildman–Crippen LogP) is 3.94. The fourth-order valence-corrected chi connectivity index (χ4v) is 2.45. The summed E-state index contributed by atoms with van der Waals surface area (Å²) in [5.74, 6) is 0.244. The first-order valence-electron chi connectivity index (χ1n) is 8.03. The molecule has 2 rings (SSSR count). The van der Waals surface area contributed by atoms with Crippen LogP contribution in [0, 0.1) is 13.8 Å². The third kappa shape index (κ3) is 5.39. The normalized spacial score (nSPS) is 10.2. The lowest BCUT2D eigenvalue weighted by Gasteiger charge is -2.11. The van der Waals surface area contributed by atoms with Crippen LogP contribution in [-0.2, 0) is 4.74 Å². The average Bonchev–Trinajstić information content (AvgIpc) is 2.62. The van der Waals surface area contributed by atoms with Crippen molar-refractivity contribution in [1.29, 1.82) is 0 Å². The molecule has 0 fully saturated rings. The highest BCUT2D eigenvalue weighted by atomic mass is 35.5. The molecule has 7 heteroatoms. The zero-order valence-electron chi connectivity index (χ0n) is 14.9. The van der Waals surface area contributed by atoms with Crippen LogP contribution < -0.4 is 15.4 Å². The Balaban J connectivity index is 1.80. The van der Waals surface area contributed by atoms with Gasteiger partial charge in [-0.05, 0) is 55.3 Å². The van der Waals surface area contributed by atoms with E-state index in [9.17, 15) is 9.59 Å². The number of aryl methyl sites for hydroxylation is 2. The van der Waals surface area contributed by atoms with Crippen LogP contribution in [0.4, 0.5) is 10.5 Å². The molecule has 0 aliphatic carbocycles. The number of nitrogens with one attached hydrogen (secondary N) is 2. The first-order valence-corrected chi connectivity index (χ1v) is 8.41. The molecule has 26 heavy (non-hydrogen) atoms. The summed E-state index contributed by atoms with van der Waals surface area (Å²) in [6.45, 7) is 4.46. The lowest BCUT2D eigenvalue weighted by atomic mass is 10.1. The van der Waals surface area contributed by atoms with Crippen LogP contribution in [0.15, 0.2) is 36.4 Å². The lowest BCUT2D eigenvalue weighted by molar-refractivity contribution is 0.0600. The molecule has 0 spiro atoms. The number of carbonyl (C=O) groups excluding carboxylic acids is 2. The summed E-state index contributed by atoms with van der Waals surface area (Å²) in [5, 5.41) is 6.07. The van der Waals surface area contributed by atoms with Gasteiger partial charge < -0.3 is 20.1 Å². The zero-order chi connectivity index (χ0) is 19.1. The molecule has 138 valence electrons. The van der Waals surface area contributed by atoms with E-state index in [0.717, 1.165) is 16.1 Å². The smallest absolute Gasteiger partial charge is 0.337 e. The molecule has 0 aliphatic rings. The molecule has 0 heterocycles. The van der Waals surface area contributed by atoms with Gasteiger partial charge >= 0.3 is 12.0 Å². The molecular weight excluding hydrogens is 356 g/mol. The fourth-order valence-electron chi connectivity index (χ4n) is 2.34. The van der Waals surface area contributed by atoms with Crippen LogP contribution in [0.1, 0.15) is 21.5 Å². The van der Waals surface area contributed by atoms with E-state index in [4.69, 9.17) is 16.3 Å². The number of methoxy groups -OCH3 is 1. The van der Waals surface area contributed by atoms with E-state index in [1.807, 2.05) is 26.0 Å². The number of ether oxygens (including phenoxy) is 2. The van der Waals surface area contributed by atoms with E-state index in [2.05, 4.69) is 15.4 Å². The molecule has 0 aliphatic heterocycles. The number of hydrogen-bond acceptors (Lipinski definition) is 4. The van der Waals surface area contributed by atoms with Crippen molar-refractivity contribution in [2.45, 2.75) is 13.8 Å². The monoisotopic (exact) mass is 376 g/mol. The summed E-state index contributed by atoms with van der Waals surface area (Å²) in [5.41, 5.74) is 2.74. The van der Waals surface area contributed by atoms with Crippen molar-refractivity contribution in [2.75, 3.05) is 25.6 Å². The average molecular weight is 377 g/mol. The third-order valence-corrected chi connectivity index (χ3v) is 4.20. The molecule has 0 atom stereocenters. The van der Waals surface area contributed by atoms with Crippen LogP contribution in [0.3, 0.4) is 0 Å². The number of hydrogen-bond donors (Lipinski definition) is 2. The number of esters is 1. The van der Waals surface area contributed by atoms with Crippen LogP contribution in [0.25, 0.3) is 0 Å². The summed E-state index contributed by atoms with van der Waals surface area (Å²) in [4.78, 5) is 23.4. The molecule has 2 aromatic carbocycles. The number of carbonyl (C=O) groups is 2. The first-order chi connectivity index (χ1) is 12.4. The molecule has 0 radical (unpaired) electrons. The van der Waals surface area contributed by atoms with Crippen molar-refractivity contribution in [3.63, 3.8) is 0 Å². The molecule has 0 unspecified atom stereocenters. The number of benzene rings is 2. The molecule has 0 saturated carbocycles. The van der Waals surface area contributed by atoms with E-state index in [1.165, 1.54) is 7.11 Å². The van der Waals surface area contributed by atoms with Crippen LogP contribution in [0.2, 0.25) is 5.02 Å². The van der Waals surface area contributed by atoms with E-state index >= 15 is 0 Å². The highest BCUT2D eigenvalue weighted by Gasteiger charge is 2.08. The van der Waals surface area contributed by atoms with Crippen LogP contribution in [-0.4, -0.2) is 32.3 Å². The second kappa shape index (κ2) is 9.10. The Morgan fingerprint density at radius 3 is 2.46 bits per heavy atom. The molecule has 0 bridgehead atoms. The maximum atomic E-state index is 11.9. The van der Waals surface area contributed by atoms with Crippen molar-refractivity contribution in [3.8, 4) is 5.75 Å². The summed E-state index contributed by atoms with van der Waals surface area (Å²) in [6, 6.07) is 9.82. The van der Waals surface area contributed by atoms with E-state index in [1.54, 1.807) is 24.3 Å². The molecule has 2 aromatic rings. The van der Waals surface area contributed by atoms with Crippen LogP contribution >= 0.6 is 11.6 Å². The number of rotatable bonds is 6. The first kappa shape index (κ1) is 19.6. The minimum absolute atomic E-state index is 0.316. The zero-order valence-corrected chi connectivity index (χ0v) is 15.6. The molecule has 2 amide bonds. The maximum absolute atomic E-state index is 11.9. The van der Waals surface area contributed by atoms with Crippen molar-refractivity contribution in [2.24, 2.45) is 0 Å². The SMILES string of the molecule is COC(=O)c1cccc(NC(=O)NCCOc2cc(C)c(Cl)c(C)c2)c1. The van der Waals surface area contributed by atoms with Gasteiger partial charge in [-0.15, -0.1) is 0 Å². The Bertz CT molecular complexity index is 785. The van der Waals surface area contributed by atoms with E-state index in [-0.39, 0.29) is 6.03 Å². The van der Waals surface area contributed by atoms with Crippen molar-refractivity contribution < 1.29 is 19.1 Å². The minimum Gasteiger partial charge on any atom is -0.492 e. The standard InChI is InChI=1S/C19H21ClN2O4/c1-12-9-16(10-13(2)17(12)20)26-8-7-21-19(24)22-15-6-4-5-14(11-15)18(23)25-3/h4-6,9-11H,7-8H2,1-3H3,(H2,21,22,24). The molecule has 2 N–H and O–H groups in total. The summed E-state index contributed by atoms with van der Waals surface area (Å²) in [7, 11) is 1.30. The topological polar surface area (TPSA) is 76.7 Å². The van der Waals surface area contributed by atoms with Crippen molar-refractivity contribution in [3.05, 3.63) is 58.1 Å². The van der Waals surface area contributed by atoms with Gasteiger partial charge in [0.15, 0.2) is 0 Å². The number of halogens is 1. The molecule has 0 saturated heterocycles. The highest BCUT2D eigenvalue weighted by Crippen LogP contribution is 2.25. The maximum Gasteiger partial charge on any atom is 0.337 e. The van der Waals surface area contributed by atoms with Gasteiger partial charge in [0.2, 0.25) is 0 Å².